The molecule has 1 unspecified atom stereocenters. The molecule has 29 heavy (non-hydrogen) atoms. The maximum atomic E-state index is 12.5. The van der Waals surface area contributed by atoms with Crippen LogP contribution in [0.1, 0.15) is 32.6 Å². The number of carboxylic acids is 1. The van der Waals surface area contributed by atoms with Gasteiger partial charge in [0, 0.05) is 32.1 Å². The van der Waals surface area contributed by atoms with Gasteiger partial charge in [-0.15, -0.1) is 0 Å². The van der Waals surface area contributed by atoms with Crippen LogP contribution in [-0.4, -0.2) is 66.7 Å². The van der Waals surface area contributed by atoms with Crippen molar-refractivity contribution in [2.24, 2.45) is 0 Å². The second-order valence-corrected chi connectivity index (χ2v) is 6.99. The summed E-state index contributed by atoms with van der Waals surface area (Å²) >= 11 is 0. The van der Waals surface area contributed by atoms with Crippen LogP contribution >= 0.6 is 0 Å². The summed E-state index contributed by atoms with van der Waals surface area (Å²) < 4.78 is 5.49. The van der Waals surface area contributed by atoms with Gasteiger partial charge in [-0.3, -0.25) is 14.4 Å². The maximum Gasteiger partial charge on any atom is 0.303 e. The van der Waals surface area contributed by atoms with Crippen molar-refractivity contribution in [3.8, 4) is 5.75 Å². The Balaban J connectivity index is 1.81. The summed E-state index contributed by atoms with van der Waals surface area (Å²) in [5.74, 6) is -0.855. The van der Waals surface area contributed by atoms with Gasteiger partial charge < -0.3 is 30.7 Å². The van der Waals surface area contributed by atoms with Gasteiger partial charge in [-0.2, -0.15) is 0 Å². The van der Waals surface area contributed by atoms with Crippen LogP contribution in [0.4, 0.5) is 5.69 Å². The van der Waals surface area contributed by atoms with Crippen molar-refractivity contribution < 1.29 is 24.2 Å². The van der Waals surface area contributed by atoms with E-state index in [4.69, 9.17) is 9.84 Å². The Bertz CT molecular complexity index is 674. The lowest BCUT2D eigenvalue weighted by molar-refractivity contribution is -0.137. The number of hydrogen-bond acceptors (Lipinski definition) is 6. The Morgan fingerprint density at radius 1 is 1.17 bits per heavy atom. The van der Waals surface area contributed by atoms with Crippen molar-refractivity contribution in [3.05, 3.63) is 24.3 Å². The third kappa shape index (κ3) is 8.82. The number of rotatable bonds is 12. The average molecular weight is 406 g/mol. The number of carbonyl (C=O) groups excluding carboxylic acids is 2. The van der Waals surface area contributed by atoms with E-state index in [1.165, 1.54) is 19.8 Å². The minimum absolute atomic E-state index is 0.0604. The molecule has 0 bridgehead atoms. The molecule has 0 saturated carbocycles. The first kappa shape index (κ1) is 22.5. The van der Waals surface area contributed by atoms with Gasteiger partial charge in [0.2, 0.25) is 5.91 Å². The van der Waals surface area contributed by atoms with E-state index in [2.05, 4.69) is 20.9 Å². The lowest BCUT2D eigenvalue weighted by atomic mass is 10.2. The van der Waals surface area contributed by atoms with Crippen LogP contribution in [0.2, 0.25) is 0 Å². The van der Waals surface area contributed by atoms with E-state index < -0.39 is 12.1 Å². The third-order valence-electron chi connectivity index (χ3n) is 4.50. The fraction of sp³-hybridized carbons (Fsp3) is 0.550. The highest BCUT2D eigenvalue weighted by atomic mass is 16.5. The Hall–Kier alpha value is -2.81. The van der Waals surface area contributed by atoms with E-state index in [0.717, 1.165) is 19.6 Å². The van der Waals surface area contributed by atoms with Crippen molar-refractivity contribution in [3.63, 3.8) is 0 Å². The summed E-state index contributed by atoms with van der Waals surface area (Å²) in [6.07, 6.45) is 2.00. The molecular formula is C20H30N4O5. The molecule has 2 amide bonds. The highest BCUT2D eigenvalue weighted by molar-refractivity contribution is 5.88. The molecule has 0 radical (unpaired) electrons. The summed E-state index contributed by atoms with van der Waals surface area (Å²) in [6.45, 7) is 5.13. The number of aliphatic carboxylic acids is 1. The highest BCUT2D eigenvalue weighted by Gasteiger charge is 2.19. The lowest BCUT2D eigenvalue weighted by Crippen LogP contribution is -2.51. The average Bonchev–Trinajstić information content (AvgIpc) is 3.19. The summed E-state index contributed by atoms with van der Waals surface area (Å²) in [5, 5.41) is 17.1. The summed E-state index contributed by atoms with van der Waals surface area (Å²) in [7, 11) is 0. The zero-order chi connectivity index (χ0) is 21.1. The van der Waals surface area contributed by atoms with Crippen molar-refractivity contribution in [2.75, 3.05) is 38.1 Å². The Morgan fingerprint density at radius 2 is 1.86 bits per heavy atom. The fourth-order valence-electron chi connectivity index (χ4n) is 3.04. The van der Waals surface area contributed by atoms with Crippen molar-refractivity contribution >= 4 is 23.5 Å². The van der Waals surface area contributed by atoms with Crippen LogP contribution < -0.4 is 20.7 Å². The predicted octanol–water partition coefficient (Wildman–Crippen LogP) is 1.02. The molecule has 160 valence electrons. The van der Waals surface area contributed by atoms with Gasteiger partial charge >= 0.3 is 5.97 Å². The van der Waals surface area contributed by atoms with E-state index in [1.54, 1.807) is 24.3 Å². The monoisotopic (exact) mass is 406 g/mol. The second kappa shape index (κ2) is 11.9. The second-order valence-electron chi connectivity index (χ2n) is 6.99. The third-order valence-corrected chi connectivity index (χ3v) is 4.50. The number of likely N-dealkylation sites (tertiary alicyclic amines) is 1. The normalized spacial score (nSPS) is 14.8. The number of hydrogen-bond donors (Lipinski definition) is 4. The molecule has 0 aliphatic carbocycles. The fourth-order valence-corrected chi connectivity index (χ4v) is 3.04. The van der Waals surface area contributed by atoms with Crippen LogP contribution in [0, 0.1) is 0 Å². The van der Waals surface area contributed by atoms with Crippen LogP contribution in [0.3, 0.4) is 0 Å². The van der Waals surface area contributed by atoms with E-state index in [-0.39, 0.29) is 18.2 Å². The van der Waals surface area contributed by atoms with Gasteiger partial charge in [0.25, 0.3) is 5.91 Å². The van der Waals surface area contributed by atoms with Crippen LogP contribution in [0.25, 0.3) is 0 Å². The first-order valence-electron chi connectivity index (χ1n) is 9.92. The summed E-state index contributed by atoms with van der Waals surface area (Å²) in [6, 6.07) is 6.91. The van der Waals surface area contributed by atoms with Crippen LogP contribution in [0.15, 0.2) is 24.3 Å². The molecular weight excluding hydrogens is 376 g/mol. The summed E-state index contributed by atoms with van der Waals surface area (Å²) in [5.41, 5.74) is 0.649. The summed E-state index contributed by atoms with van der Waals surface area (Å²) in [4.78, 5) is 36.7. The molecule has 1 saturated heterocycles. The lowest BCUT2D eigenvalue weighted by Gasteiger charge is -2.21. The van der Waals surface area contributed by atoms with E-state index in [9.17, 15) is 14.4 Å². The SMILES string of the molecule is CC(=O)NC(Nc1ccc(OCCCC(=O)O)cc1)C(=O)NCCN1CCCC1. The Morgan fingerprint density at radius 3 is 2.48 bits per heavy atom. The molecule has 0 aromatic heterocycles. The number of anilines is 1. The molecule has 1 aliphatic heterocycles. The standard InChI is InChI=1S/C20H30N4O5/c1-15(25)22-19(20(28)21-10-13-24-11-2-3-12-24)23-16-6-8-17(9-7-16)29-14-4-5-18(26)27/h6-9,19,23H,2-5,10-14H2,1H3,(H,21,28)(H,22,25)(H,26,27). The van der Waals surface area contributed by atoms with Crippen molar-refractivity contribution in [1.29, 1.82) is 0 Å². The molecule has 9 nitrogen and oxygen atoms in total. The zero-order valence-corrected chi connectivity index (χ0v) is 16.8. The number of nitrogens with one attached hydrogen (secondary N) is 3. The number of carboxylic acid groups (broad SMARTS) is 1. The molecule has 1 atom stereocenters. The van der Waals surface area contributed by atoms with Gasteiger partial charge in [0.1, 0.15) is 5.75 Å². The zero-order valence-electron chi connectivity index (χ0n) is 16.8. The van der Waals surface area contributed by atoms with Gasteiger partial charge in [-0.1, -0.05) is 0 Å². The Labute approximate surface area is 170 Å². The van der Waals surface area contributed by atoms with E-state index >= 15 is 0 Å². The van der Waals surface area contributed by atoms with Gasteiger partial charge in [0.15, 0.2) is 6.17 Å². The molecule has 9 heteroatoms. The number of carbonyl (C=O) groups is 3. The molecule has 1 aliphatic rings. The molecule has 1 aromatic rings. The van der Waals surface area contributed by atoms with Gasteiger partial charge in [-0.25, -0.2) is 0 Å². The quantitative estimate of drug-likeness (QED) is 0.302. The molecule has 4 N–H and O–H groups in total. The maximum absolute atomic E-state index is 12.5. The van der Waals surface area contributed by atoms with E-state index in [1.807, 2.05) is 0 Å². The van der Waals surface area contributed by atoms with Crippen molar-refractivity contribution in [1.82, 2.24) is 15.5 Å². The van der Waals surface area contributed by atoms with Gasteiger partial charge in [0.05, 0.1) is 6.61 Å². The molecule has 1 aromatic carbocycles. The minimum atomic E-state index is -0.881. The Kier molecular flexibility index (Phi) is 9.23. The highest BCUT2D eigenvalue weighted by Crippen LogP contribution is 2.16. The molecule has 1 fully saturated rings. The minimum Gasteiger partial charge on any atom is -0.494 e. The molecule has 1 heterocycles. The molecule has 0 spiro atoms. The number of nitrogens with zero attached hydrogens (tertiary/aromatic N) is 1. The smallest absolute Gasteiger partial charge is 0.303 e. The van der Waals surface area contributed by atoms with Crippen LogP contribution in [-0.2, 0) is 14.4 Å². The number of ether oxygens (including phenoxy) is 1. The van der Waals surface area contributed by atoms with Gasteiger partial charge in [-0.05, 0) is 56.6 Å². The predicted molar refractivity (Wildman–Crippen MR) is 109 cm³/mol. The van der Waals surface area contributed by atoms with E-state index in [0.29, 0.717) is 31.0 Å². The largest absolute Gasteiger partial charge is 0.494 e. The van der Waals surface area contributed by atoms with Crippen molar-refractivity contribution in [2.45, 2.75) is 38.8 Å². The topological polar surface area (TPSA) is 120 Å². The number of amides is 2. The van der Waals surface area contributed by atoms with Crippen LogP contribution in [0.5, 0.6) is 5.75 Å². The first-order chi connectivity index (χ1) is 13.9. The first-order valence-corrected chi connectivity index (χ1v) is 9.92. The molecule has 2 rings (SSSR count). The number of benzene rings is 1.